The number of hydrogen-bond acceptors (Lipinski definition) is 5. The Labute approximate surface area is 94.9 Å². The first-order valence-electron chi connectivity index (χ1n) is 4.67. The Bertz CT molecular complexity index is 657. The molecule has 2 heterocycles. The zero-order chi connectivity index (χ0) is 11.1. The van der Waals surface area contributed by atoms with Gasteiger partial charge in [-0.1, -0.05) is 5.16 Å². The van der Waals surface area contributed by atoms with Crippen molar-refractivity contribution in [2.45, 2.75) is 0 Å². The Morgan fingerprint density at radius 2 is 2.12 bits per heavy atom. The molecule has 4 nitrogen and oxygen atoms in total. The van der Waals surface area contributed by atoms with Crippen LogP contribution in [0.15, 0.2) is 34.9 Å². The van der Waals surface area contributed by atoms with E-state index in [1.54, 1.807) is 18.2 Å². The van der Waals surface area contributed by atoms with Crippen LogP contribution in [0.3, 0.4) is 0 Å². The van der Waals surface area contributed by atoms with Gasteiger partial charge in [0.15, 0.2) is 11.6 Å². The Balaban J connectivity index is 2.18. The molecule has 0 saturated carbocycles. The molecule has 0 atom stereocenters. The van der Waals surface area contributed by atoms with Crippen molar-refractivity contribution in [1.82, 2.24) is 5.16 Å². The number of phenolic OH excluding ortho intramolecular Hbond substituents is 1. The molecule has 0 aliphatic heterocycles. The molecule has 0 bridgehead atoms. The molecule has 0 aliphatic carbocycles. The number of thiophene rings is 1. The molecule has 0 amide bonds. The molecule has 0 fully saturated rings. The quantitative estimate of drug-likeness (QED) is 0.676. The minimum absolute atomic E-state index is 0.262. The van der Waals surface area contributed by atoms with E-state index in [1.807, 2.05) is 12.1 Å². The number of benzene rings is 1. The third-order valence-corrected chi connectivity index (χ3v) is 3.39. The predicted molar refractivity (Wildman–Crippen MR) is 63.4 cm³/mol. The van der Waals surface area contributed by atoms with E-state index in [1.165, 1.54) is 11.3 Å². The molecule has 3 rings (SSSR count). The summed E-state index contributed by atoms with van der Waals surface area (Å²) < 4.78 is 6.09. The maximum atomic E-state index is 9.37. The van der Waals surface area contributed by atoms with E-state index in [2.05, 4.69) is 5.16 Å². The molecule has 2 aromatic heterocycles. The number of phenols is 1. The van der Waals surface area contributed by atoms with E-state index in [-0.39, 0.29) is 5.75 Å². The lowest BCUT2D eigenvalue weighted by Gasteiger charge is -1.89. The van der Waals surface area contributed by atoms with Gasteiger partial charge in [-0.2, -0.15) is 0 Å². The van der Waals surface area contributed by atoms with Crippen LogP contribution in [0.5, 0.6) is 5.75 Å². The summed E-state index contributed by atoms with van der Waals surface area (Å²) in [5.74, 6) is 1.28. The van der Waals surface area contributed by atoms with Gasteiger partial charge in [0.1, 0.15) is 5.75 Å². The Morgan fingerprint density at radius 3 is 2.88 bits per heavy atom. The molecular formula is C11H8N2O2S. The maximum Gasteiger partial charge on any atom is 0.179 e. The second kappa shape index (κ2) is 3.24. The number of nitrogens with zero attached hydrogens (tertiary/aromatic N) is 1. The number of anilines is 1. The first kappa shape index (κ1) is 9.23. The number of nitrogen functional groups attached to an aromatic ring is 1. The van der Waals surface area contributed by atoms with Crippen molar-refractivity contribution in [1.29, 1.82) is 0 Å². The van der Waals surface area contributed by atoms with Crippen molar-refractivity contribution in [3.63, 3.8) is 0 Å². The molecule has 0 radical (unpaired) electrons. The highest BCUT2D eigenvalue weighted by Crippen LogP contribution is 2.35. The van der Waals surface area contributed by atoms with Gasteiger partial charge >= 0.3 is 0 Å². The fourth-order valence-electron chi connectivity index (χ4n) is 1.55. The summed E-state index contributed by atoms with van der Waals surface area (Å²) >= 11 is 1.53. The van der Waals surface area contributed by atoms with Crippen molar-refractivity contribution in [3.05, 3.63) is 30.3 Å². The molecule has 0 unspecified atom stereocenters. The number of hydrogen-bond donors (Lipinski definition) is 2. The van der Waals surface area contributed by atoms with Gasteiger partial charge in [0.2, 0.25) is 0 Å². The molecule has 3 N–H and O–H groups in total. The van der Waals surface area contributed by atoms with Crippen LogP contribution < -0.4 is 5.73 Å². The SMILES string of the molecule is Nc1cc(-c2cc3ccc(O)cc3s2)on1. The second-order valence-electron chi connectivity index (χ2n) is 3.45. The highest BCUT2D eigenvalue weighted by molar-refractivity contribution is 7.22. The average molecular weight is 232 g/mol. The lowest BCUT2D eigenvalue weighted by atomic mass is 10.2. The standard InChI is InChI=1S/C11H8N2O2S/c12-11-5-8(15-13-11)10-3-6-1-2-7(14)4-9(6)16-10/h1-5,14H,(H2,12,13). The first-order chi connectivity index (χ1) is 7.72. The Morgan fingerprint density at radius 1 is 1.25 bits per heavy atom. The molecule has 0 saturated heterocycles. The van der Waals surface area contributed by atoms with Crippen molar-refractivity contribution in [2.24, 2.45) is 0 Å². The molecule has 16 heavy (non-hydrogen) atoms. The summed E-state index contributed by atoms with van der Waals surface area (Å²) in [5.41, 5.74) is 5.49. The third-order valence-electron chi connectivity index (χ3n) is 2.27. The number of aromatic nitrogens is 1. The normalized spacial score (nSPS) is 11.0. The number of rotatable bonds is 1. The number of nitrogens with two attached hydrogens (primary N) is 1. The van der Waals surface area contributed by atoms with Gasteiger partial charge in [-0.25, -0.2) is 0 Å². The fourth-order valence-corrected chi connectivity index (χ4v) is 2.59. The van der Waals surface area contributed by atoms with E-state index in [9.17, 15) is 5.11 Å². The van der Waals surface area contributed by atoms with Gasteiger partial charge < -0.3 is 15.4 Å². The predicted octanol–water partition coefficient (Wildman–Crippen LogP) is 2.84. The molecule has 0 spiro atoms. The van der Waals surface area contributed by atoms with Crippen molar-refractivity contribution in [3.8, 4) is 16.4 Å². The van der Waals surface area contributed by atoms with Crippen molar-refractivity contribution >= 4 is 27.2 Å². The van der Waals surface area contributed by atoms with Gasteiger partial charge in [0.25, 0.3) is 0 Å². The largest absolute Gasteiger partial charge is 0.508 e. The Hall–Kier alpha value is -2.01. The van der Waals surface area contributed by atoms with Gasteiger partial charge in [-0.3, -0.25) is 0 Å². The fraction of sp³-hybridized carbons (Fsp3) is 0. The van der Waals surface area contributed by atoms with Gasteiger partial charge in [-0.15, -0.1) is 11.3 Å². The van der Waals surface area contributed by atoms with Crippen LogP contribution in [0.4, 0.5) is 5.82 Å². The van der Waals surface area contributed by atoms with E-state index >= 15 is 0 Å². The summed E-state index contributed by atoms with van der Waals surface area (Å²) in [6, 6.07) is 8.92. The van der Waals surface area contributed by atoms with E-state index in [0.717, 1.165) is 15.0 Å². The number of aromatic hydroxyl groups is 1. The van der Waals surface area contributed by atoms with Crippen LogP contribution in [-0.2, 0) is 0 Å². The van der Waals surface area contributed by atoms with Gasteiger partial charge in [-0.05, 0) is 29.7 Å². The van der Waals surface area contributed by atoms with E-state index in [4.69, 9.17) is 10.3 Å². The minimum atomic E-state index is 0.262. The summed E-state index contributed by atoms with van der Waals surface area (Å²) in [6.07, 6.45) is 0. The molecule has 1 aromatic carbocycles. The second-order valence-corrected chi connectivity index (χ2v) is 4.53. The van der Waals surface area contributed by atoms with Crippen LogP contribution >= 0.6 is 11.3 Å². The maximum absolute atomic E-state index is 9.37. The third kappa shape index (κ3) is 1.42. The van der Waals surface area contributed by atoms with Crippen LogP contribution in [0.25, 0.3) is 20.7 Å². The summed E-state index contributed by atoms with van der Waals surface area (Å²) in [7, 11) is 0. The Kier molecular flexibility index (Phi) is 1.87. The molecular weight excluding hydrogens is 224 g/mol. The van der Waals surface area contributed by atoms with Gasteiger partial charge in [0, 0.05) is 10.8 Å². The zero-order valence-electron chi connectivity index (χ0n) is 8.18. The van der Waals surface area contributed by atoms with Crippen LogP contribution in [-0.4, -0.2) is 10.3 Å². The highest BCUT2D eigenvalue weighted by Gasteiger charge is 2.09. The smallest absolute Gasteiger partial charge is 0.179 e. The van der Waals surface area contributed by atoms with Crippen LogP contribution in [0.1, 0.15) is 0 Å². The average Bonchev–Trinajstić information content (AvgIpc) is 2.83. The lowest BCUT2D eigenvalue weighted by molar-refractivity contribution is 0.436. The summed E-state index contributed by atoms with van der Waals surface area (Å²) in [4.78, 5) is 0.949. The van der Waals surface area contributed by atoms with Gasteiger partial charge in [0.05, 0.1) is 4.88 Å². The highest BCUT2D eigenvalue weighted by atomic mass is 32.1. The monoisotopic (exact) mass is 232 g/mol. The van der Waals surface area contributed by atoms with Crippen LogP contribution in [0, 0.1) is 0 Å². The zero-order valence-corrected chi connectivity index (χ0v) is 8.99. The molecule has 0 aliphatic rings. The minimum Gasteiger partial charge on any atom is -0.508 e. The molecule has 3 aromatic rings. The van der Waals surface area contributed by atoms with Crippen LogP contribution in [0.2, 0.25) is 0 Å². The summed E-state index contributed by atoms with van der Waals surface area (Å²) in [5, 5.41) is 14.1. The topological polar surface area (TPSA) is 72.3 Å². The lowest BCUT2D eigenvalue weighted by Crippen LogP contribution is -1.79. The molecule has 80 valence electrons. The van der Waals surface area contributed by atoms with Crippen molar-refractivity contribution in [2.75, 3.05) is 5.73 Å². The molecule has 5 heteroatoms. The first-order valence-corrected chi connectivity index (χ1v) is 5.49. The summed E-state index contributed by atoms with van der Waals surface area (Å²) in [6.45, 7) is 0. The van der Waals surface area contributed by atoms with E-state index < -0.39 is 0 Å². The number of fused-ring (bicyclic) bond motifs is 1. The van der Waals surface area contributed by atoms with Crippen molar-refractivity contribution < 1.29 is 9.63 Å². The van der Waals surface area contributed by atoms with E-state index in [0.29, 0.717) is 11.6 Å².